The van der Waals surface area contributed by atoms with Crippen molar-refractivity contribution in [3.05, 3.63) is 62.9 Å². The van der Waals surface area contributed by atoms with Gasteiger partial charge in [0.05, 0.1) is 12.7 Å². The lowest BCUT2D eigenvalue weighted by molar-refractivity contribution is -0.150. The van der Waals surface area contributed by atoms with Crippen LogP contribution in [0.4, 0.5) is 5.13 Å². The summed E-state index contributed by atoms with van der Waals surface area (Å²) in [6.45, 7) is -0.518. The number of hydrogen-bond acceptors (Lipinski definition) is 17. The molecular formula is C25H21N11O9S2. The molecule has 242 valence electrons. The van der Waals surface area contributed by atoms with E-state index in [9.17, 15) is 39.6 Å². The Kier molecular flexibility index (Phi) is 8.17. The minimum Gasteiger partial charge on any atom is -0.504 e. The topological polar surface area (TPSA) is 297 Å². The number of amides is 2. The van der Waals surface area contributed by atoms with Crippen LogP contribution in [0.1, 0.15) is 11.5 Å². The predicted octanol–water partition coefficient (Wildman–Crippen LogP) is -1.06. The summed E-state index contributed by atoms with van der Waals surface area (Å²) in [4.78, 5) is 68.0. The number of nitrogens with two attached hydrogens (primary N) is 1. The monoisotopic (exact) mass is 683 g/mol. The van der Waals surface area contributed by atoms with E-state index in [1.54, 1.807) is 0 Å². The Morgan fingerprint density at radius 3 is 2.70 bits per heavy atom. The van der Waals surface area contributed by atoms with Crippen LogP contribution in [0.5, 0.6) is 17.2 Å². The molecule has 2 amide bonds. The van der Waals surface area contributed by atoms with Crippen molar-refractivity contribution in [3.63, 3.8) is 0 Å². The van der Waals surface area contributed by atoms with Crippen molar-refractivity contribution in [2.24, 2.45) is 5.16 Å². The van der Waals surface area contributed by atoms with Gasteiger partial charge in [-0.05, 0) is 29.0 Å². The number of anilines is 1. The van der Waals surface area contributed by atoms with E-state index >= 15 is 0 Å². The van der Waals surface area contributed by atoms with E-state index in [1.165, 1.54) is 35.3 Å². The van der Waals surface area contributed by atoms with E-state index in [4.69, 9.17) is 10.6 Å². The first-order chi connectivity index (χ1) is 22.5. The summed E-state index contributed by atoms with van der Waals surface area (Å²) in [6, 6.07) is 2.84. The van der Waals surface area contributed by atoms with Crippen LogP contribution in [0, 0.1) is 0 Å². The molecule has 4 aromatic rings. The third-order valence-electron chi connectivity index (χ3n) is 6.73. The van der Waals surface area contributed by atoms with Gasteiger partial charge in [-0.15, -0.1) is 33.3 Å². The van der Waals surface area contributed by atoms with Crippen molar-refractivity contribution in [2.75, 3.05) is 11.5 Å². The number of nitrogens with zero attached hydrogens (tertiary/aromatic N) is 8. The minimum absolute atomic E-state index is 0.00160. The number of aliphatic carboxylic acids is 1. The third kappa shape index (κ3) is 6.13. The molecule has 0 radical (unpaired) electrons. The lowest BCUT2D eigenvalue weighted by Crippen LogP contribution is -2.71. The van der Waals surface area contributed by atoms with Gasteiger partial charge < -0.3 is 41.3 Å². The van der Waals surface area contributed by atoms with Crippen molar-refractivity contribution < 1.29 is 39.6 Å². The minimum atomic E-state index is -1.37. The fourth-order valence-electron chi connectivity index (χ4n) is 4.53. The second kappa shape index (κ2) is 12.4. The summed E-state index contributed by atoms with van der Waals surface area (Å²) in [6.07, 6.45) is 0.918. The number of aromatic nitrogens is 7. The number of oxime groups is 1. The Morgan fingerprint density at radius 2 is 2.00 bits per heavy atom. The quantitative estimate of drug-likeness (QED) is 0.0453. The second-order valence-electron chi connectivity index (χ2n) is 9.79. The van der Waals surface area contributed by atoms with Gasteiger partial charge in [0.15, 0.2) is 34.7 Å². The highest BCUT2D eigenvalue weighted by Crippen LogP contribution is 2.40. The summed E-state index contributed by atoms with van der Waals surface area (Å²) < 4.78 is 0. The number of rotatable bonds is 10. The van der Waals surface area contributed by atoms with E-state index in [0.29, 0.717) is 11.1 Å². The van der Waals surface area contributed by atoms with Crippen LogP contribution in [0.2, 0.25) is 0 Å². The molecule has 1 fully saturated rings. The largest absolute Gasteiger partial charge is 0.504 e. The van der Waals surface area contributed by atoms with E-state index < -0.39 is 47.1 Å². The number of fused-ring (bicyclic) bond motifs is 1. The number of benzene rings is 1. The van der Waals surface area contributed by atoms with E-state index in [0.717, 1.165) is 27.2 Å². The van der Waals surface area contributed by atoms with Crippen LogP contribution in [0.3, 0.4) is 0 Å². The van der Waals surface area contributed by atoms with Gasteiger partial charge in [-0.25, -0.2) is 14.8 Å². The average molecular weight is 684 g/mol. The zero-order chi connectivity index (χ0) is 33.4. The number of tetrazole rings is 1. The number of carbonyl (C=O) groups is 3. The lowest BCUT2D eigenvalue weighted by Gasteiger charge is -2.49. The van der Waals surface area contributed by atoms with Gasteiger partial charge in [0.25, 0.3) is 17.4 Å². The van der Waals surface area contributed by atoms with E-state index in [-0.39, 0.29) is 57.7 Å². The fraction of sp³-hybridized carbons (Fsp3) is 0.200. The molecule has 0 spiro atoms. The molecule has 2 aliphatic heterocycles. The smallest absolute Gasteiger partial charge is 0.352 e. The fourth-order valence-corrected chi connectivity index (χ4v) is 6.41. The Morgan fingerprint density at radius 1 is 1.19 bits per heavy atom. The Labute approximate surface area is 269 Å². The van der Waals surface area contributed by atoms with Gasteiger partial charge in [-0.3, -0.25) is 19.3 Å². The van der Waals surface area contributed by atoms with E-state index in [2.05, 4.69) is 40.8 Å². The van der Waals surface area contributed by atoms with Crippen molar-refractivity contribution in [1.82, 2.24) is 45.4 Å². The number of thiazole rings is 1. The molecule has 0 bridgehead atoms. The number of nitrogen functional groups attached to an aromatic ring is 1. The molecule has 0 saturated carbocycles. The molecular weight excluding hydrogens is 662 g/mol. The number of carboxylic acid groups (broad SMARTS) is 1. The first kappa shape index (κ1) is 31.0. The van der Waals surface area contributed by atoms with Gasteiger partial charge in [0.2, 0.25) is 5.82 Å². The van der Waals surface area contributed by atoms with Crippen LogP contribution >= 0.6 is 23.1 Å². The number of aromatic amines is 1. The van der Waals surface area contributed by atoms with Gasteiger partial charge in [-0.2, -0.15) is 4.80 Å². The van der Waals surface area contributed by atoms with Crippen molar-refractivity contribution in [3.8, 4) is 28.6 Å². The highest BCUT2D eigenvalue weighted by Gasteiger charge is 2.54. The van der Waals surface area contributed by atoms with Crippen LogP contribution in [0.15, 0.2) is 51.0 Å². The van der Waals surface area contributed by atoms with Crippen LogP contribution in [-0.2, 0) is 32.4 Å². The van der Waals surface area contributed by atoms with Crippen molar-refractivity contribution in [2.45, 2.75) is 24.6 Å². The molecule has 2 atom stereocenters. The summed E-state index contributed by atoms with van der Waals surface area (Å²) in [7, 11) is 0. The molecule has 1 aromatic carbocycles. The number of nitrogens with one attached hydrogen (secondary N) is 2. The predicted molar refractivity (Wildman–Crippen MR) is 161 cm³/mol. The maximum Gasteiger partial charge on any atom is 0.352 e. The highest BCUT2D eigenvalue weighted by atomic mass is 32.2. The normalized spacial score (nSPS) is 17.7. The summed E-state index contributed by atoms with van der Waals surface area (Å²) in [5.74, 6) is -3.99. The maximum absolute atomic E-state index is 13.3. The first-order valence-electron chi connectivity index (χ1n) is 13.2. The van der Waals surface area contributed by atoms with Gasteiger partial charge in [0.1, 0.15) is 28.6 Å². The molecule has 6 rings (SSSR count). The summed E-state index contributed by atoms with van der Waals surface area (Å²) in [5.41, 5.74) is 4.97. The van der Waals surface area contributed by atoms with Gasteiger partial charge in [-0.1, -0.05) is 5.16 Å². The van der Waals surface area contributed by atoms with Gasteiger partial charge >= 0.3 is 5.97 Å². The molecule has 47 heavy (non-hydrogen) atoms. The Balaban J connectivity index is 1.17. The molecule has 0 aliphatic carbocycles. The Hall–Kier alpha value is -6.03. The number of H-pyrrole nitrogens is 1. The summed E-state index contributed by atoms with van der Waals surface area (Å²) in [5, 5.41) is 57.9. The third-order valence-corrected chi connectivity index (χ3v) is 8.74. The van der Waals surface area contributed by atoms with Gasteiger partial charge in [0, 0.05) is 16.7 Å². The lowest BCUT2D eigenvalue weighted by atomic mass is 10.0. The number of β-lactam (4-membered cyclic amide) rings is 1. The van der Waals surface area contributed by atoms with Crippen molar-refractivity contribution >= 4 is 51.7 Å². The molecule has 2 aliphatic rings. The number of thioether (sulfide) groups is 1. The highest BCUT2D eigenvalue weighted by molar-refractivity contribution is 8.00. The number of hydrogen-bond donors (Lipinski definition) is 7. The molecule has 1 saturated heterocycles. The number of carbonyl (C=O) groups excluding carboxylic acids is 2. The molecule has 5 heterocycles. The maximum atomic E-state index is 13.3. The van der Waals surface area contributed by atoms with Crippen LogP contribution in [0.25, 0.3) is 11.4 Å². The van der Waals surface area contributed by atoms with Crippen LogP contribution < -0.4 is 16.6 Å². The first-order valence-corrected chi connectivity index (χ1v) is 15.1. The molecule has 20 nitrogen and oxygen atoms in total. The number of phenolic OH excluding ortho intramolecular Hbond substituents is 2. The number of phenols is 2. The summed E-state index contributed by atoms with van der Waals surface area (Å²) >= 11 is 2.22. The number of carboxylic acids is 1. The number of aromatic hydroxyl groups is 3. The van der Waals surface area contributed by atoms with Crippen molar-refractivity contribution in [1.29, 1.82) is 0 Å². The molecule has 3 aromatic heterocycles. The zero-order valence-electron chi connectivity index (χ0n) is 23.5. The van der Waals surface area contributed by atoms with E-state index in [1.807, 2.05) is 0 Å². The molecule has 22 heteroatoms. The van der Waals surface area contributed by atoms with Crippen LogP contribution in [-0.4, -0.2) is 101 Å². The second-order valence-corrected chi connectivity index (χ2v) is 11.8. The zero-order valence-corrected chi connectivity index (χ0v) is 25.1. The SMILES string of the molecule is Nc1nc(/C(=N/OCc2ncc(O)c(=O)[nH]2)C(=O)N[C@@H]2C(=O)N3C(C(=O)O)=C(Cn4nnc(-c5ccc(O)c(O)c5)n4)CS[C@H]23)cs1. The molecule has 0 unspecified atom stereocenters. The standard InChI is InChI=1S/C25H21N11O9S2/c26-25-28-11(8-47-25)16(33-45-6-15-27-4-14(39)20(40)29-15)21(41)30-17-22(42)36-18(24(43)44)10(7-46-23(17)36)5-35-32-19(31-34-35)9-1-2-12(37)13(38)3-9/h1-4,8,17,23,37-39H,5-7H2,(H2,26,28)(H,30,41)(H,43,44)(H,27,29,40)/b33-16-/t17-,23-/m1/s1. The average Bonchev–Trinajstić information content (AvgIpc) is 3.69. The molecule has 8 N–H and O–H groups in total. The Bertz CT molecular complexity index is 2040.